The van der Waals surface area contributed by atoms with Crippen molar-refractivity contribution in [2.75, 3.05) is 6.61 Å². The van der Waals surface area contributed by atoms with Crippen LogP contribution in [0.15, 0.2) is 24.3 Å². The second-order valence-electron chi connectivity index (χ2n) is 2.53. The Morgan fingerprint density at radius 1 is 1.38 bits per heavy atom. The molecule has 3 heteroatoms. The molecule has 0 aliphatic heterocycles. The molecule has 0 amide bonds. The predicted molar refractivity (Wildman–Crippen MR) is 48.9 cm³/mol. The number of carboxylic acids is 1. The molecule has 1 aromatic carbocycles. The maximum Gasteiger partial charge on any atom is 0.335 e. The number of hydrogen-bond acceptors (Lipinski definition) is 2. The summed E-state index contributed by atoms with van der Waals surface area (Å²) >= 11 is 0. The van der Waals surface area contributed by atoms with Gasteiger partial charge < -0.3 is 9.84 Å². The average molecular weight is 179 g/mol. The van der Waals surface area contributed by atoms with Gasteiger partial charge in [0.1, 0.15) is 5.75 Å². The predicted octanol–water partition coefficient (Wildman–Crippen LogP) is 1.99. The van der Waals surface area contributed by atoms with Crippen LogP contribution in [0.2, 0.25) is 0 Å². The summed E-state index contributed by atoms with van der Waals surface area (Å²) < 4.78 is 5.23. The first-order chi connectivity index (χ1) is 6.24. The lowest BCUT2D eigenvalue weighted by atomic mass is 10.2. The van der Waals surface area contributed by atoms with Crippen LogP contribution in [-0.2, 0) is 0 Å². The summed E-state index contributed by atoms with van der Waals surface area (Å²) in [5, 5.41) is 8.60. The number of hydrogen-bond donors (Lipinski definition) is 1. The maximum atomic E-state index is 10.5. The van der Waals surface area contributed by atoms with E-state index in [2.05, 4.69) is 6.92 Å². The average Bonchev–Trinajstić information content (AvgIpc) is 2.15. The lowest BCUT2D eigenvalue weighted by molar-refractivity contribution is 0.0697. The lowest BCUT2D eigenvalue weighted by Gasteiger charge is -2.03. The Balaban J connectivity index is 2.64. The molecule has 0 aliphatic carbocycles. The van der Waals surface area contributed by atoms with Gasteiger partial charge in [0.05, 0.1) is 12.2 Å². The highest BCUT2D eigenvalue weighted by Crippen LogP contribution is 2.12. The van der Waals surface area contributed by atoms with Crippen molar-refractivity contribution in [2.24, 2.45) is 0 Å². The molecule has 0 saturated heterocycles. The molecule has 0 atom stereocenters. The zero-order chi connectivity index (χ0) is 9.68. The molecule has 0 unspecified atom stereocenters. The van der Waals surface area contributed by atoms with Gasteiger partial charge in [-0.1, -0.05) is 0 Å². The zero-order valence-corrected chi connectivity index (χ0v) is 7.19. The van der Waals surface area contributed by atoms with Gasteiger partial charge >= 0.3 is 5.97 Å². The number of benzene rings is 1. The third-order valence-corrected chi connectivity index (χ3v) is 1.51. The first kappa shape index (κ1) is 9.58. The minimum atomic E-state index is -0.927. The Kier molecular flexibility index (Phi) is 3.31. The molecule has 0 aliphatic rings. The number of aromatic carboxylic acids is 1. The maximum absolute atomic E-state index is 10.5. The molecule has 0 saturated carbocycles. The van der Waals surface area contributed by atoms with Crippen LogP contribution in [0, 0.1) is 6.92 Å². The number of ether oxygens (including phenoxy) is 1. The van der Waals surface area contributed by atoms with Gasteiger partial charge in [-0.2, -0.15) is 0 Å². The van der Waals surface area contributed by atoms with E-state index in [1.54, 1.807) is 12.1 Å². The Labute approximate surface area is 77.0 Å². The van der Waals surface area contributed by atoms with E-state index >= 15 is 0 Å². The molecule has 1 rings (SSSR count). The van der Waals surface area contributed by atoms with Crippen LogP contribution >= 0.6 is 0 Å². The molecule has 0 spiro atoms. The summed E-state index contributed by atoms with van der Waals surface area (Å²) in [5.74, 6) is -0.252. The zero-order valence-electron chi connectivity index (χ0n) is 7.19. The molecule has 3 nitrogen and oxygen atoms in total. The van der Waals surface area contributed by atoms with Gasteiger partial charge in [-0.05, 0) is 37.6 Å². The van der Waals surface area contributed by atoms with Crippen LogP contribution in [0.1, 0.15) is 16.8 Å². The van der Waals surface area contributed by atoms with Crippen molar-refractivity contribution in [3.8, 4) is 5.75 Å². The largest absolute Gasteiger partial charge is 0.494 e. The minimum absolute atomic E-state index is 0.266. The van der Waals surface area contributed by atoms with Crippen LogP contribution in [0.3, 0.4) is 0 Å². The molecule has 0 aromatic heterocycles. The summed E-state index contributed by atoms with van der Waals surface area (Å²) in [4.78, 5) is 10.5. The van der Waals surface area contributed by atoms with E-state index in [1.807, 2.05) is 0 Å². The first-order valence-electron chi connectivity index (χ1n) is 3.99. The Hall–Kier alpha value is -1.51. The topological polar surface area (TPSA) is 46.5 Å². The lowest BCUT2D eigenvalue weighted by Crippen LogP contribution is -1.97. The van der Waals surface area contributed by atoms with Crippen molar-refractivity contribution < 1.29 is 14.6 Å². The van der Waals surface area contributed by atoms with Crippen LogP contribution in [-0.4, -0.2) is 17.7 Å². The van der Waals surface area contributed by atoms with Crippen molar-refractivity contribution in [2.45, 2.75) is 6.42 Å². The normalized spacial score (nSPS) is 9.62. The highest BCUT2D eigenvalue weighted by molar-refractivity contribution is 5.87. The fourth-order valence-electron chi connectivity index (χ4n) is 0.884. The SMILES string of the molecule is [CH2]CCOc1ccc(C(=O)O)cc1. The second kappa shape index (κ2) is 4.50. The third kappa shape index (κ3) is 2.78. The third-order valence-electron chi connectivity index (χ3n) is 1.51. The summed E-state index contributed by atoms with van der Waals surface area (Å²) in [6.07, 6.45) is 0.695. The number of carbonyl (C=O) groups is 1. The molecule has 1 aromatic rings. The Morgan fingerprint density at radius 2 is 2.00 bits per heavy atom. The van der Waals surface area contributed by atoms with Gasteiger partial charge in [0.2, 0.25) is 0 Å². The van der Waals surface area contributed by atoms with Crippen molar-refractivity contribution in [3.63, 3.8) is 0 Å². The molecule has 0 bridgehead atoms. The molecule has 1 N–H and O–H groups in total. The quantitative estimate of drug-likeness (QED) is 0.768. The fraction of sp³-hybridized carbons (Fsp3) is 0.200. The summed E-state index contributed by atoms with van der Waals surface area (Å²) in [6, 6.07) is 6.31. The standard InChI is InChI=1S/C10H11O3/c1-2-7-13-9-5-3-8(4-6-9)10(11)12/h3-6H,1-2,7H2,(H,11,12). The van der Waals surface area contributed by atoms with Crippen molar-refractivity contribution in [1.82, 2.24) is 0 Å². The van der Waals surface area contributed by atoms with E-state index in [9.17, 15) is 4.79 Å². The molecule has 1 radical (unpaired) electrons. The van der Waals surface area contributed by atoms with Gasteiger partial charge in [0, 0.05) is 0 Å². The number of rotatable bonds is 4. The highest BCUT2D eigenvalue weighted by atomic mass is 16.5. The van der Waals surface area contributed by atoms with Gasteiger partial charge in [0.15, 0.2) is 0 Å². The Morgan fingerprint density at radius 3 is 2.46 bits per heavy atom. The van der Waals surface area contributed by atoms with Gasteiger partial charge in [-0.25, -0.2) is 4.79 Å². The van der Waals surface area contributed by atoms with Gasteiger partial charge in [-0.3, -0.25) is 0 Å². The highest BCUT2D eigenvalue weighted by Gasteiger charge is 2.01. The van der Waals surface area contributed by atoms with E-state index in [0.29, 0.717) is 18.8 Å². The van der Waals surface area contributed by atoms with Gasteiger partial charge in [-0.15, -0.1) is 0 Å². The van der Waals surface area contributed by atoms with E-state index in [1.165, 1.54) is 12.1 Å². The van der Waals surface area contributed by atoms with Gasteiger partial charge in [0.25, 0.3) is 0 Å². The molecule has 0 fully saturated rings. The summed E-state index contributed by atoms with van der Waals surface area (Å²) in [7, 11) is 0. The van der Waals surface area contributed by atoms with Crippen molar-refractivity contribution in [3.05, 3.63) is 36.8 Å². The molecule has 0 heterocycles. The molecule has 13 heavy (non-hydrogen) atoms. The van der Waals surface area contributed by atoms with Crippen molar-refractivity contribution in [1.29, 1.82) is 0 Å². The van der Waals surface area contributed by atoms with E-state index in [-0.39, 0.29) is 5.56 Å². The summed E-state index contributed by atoms with van der Waals surface area (Å²) in [5.41, 5.74) is 0.266. The van der Waals surface area contributed by atoms with E-state index in [4.69, 9.17) is 9.84 Å². The number of carboxylic acid groups (broad SMARTS) is 1. The molecule has 69 valence electrons. The van der Waals surface area contributed by atoms with E-state index in [0.717, 1.165) is 0 Å². The molecular weight excluding hydrogens is 168 g/mol. The molecular formula is C10H11O3. The van der Waals surface area contributed by atoms with Crippen LogP contribution < -0.4 is 4.74 Å². The van der Waals surface area contributed by atoms with E-state index < -0.39 is 5.97 Å². The summed E-state index contributed by atoms with van der Waals surface area (Å²) in [6.45, 7) is 4.18. The fourth-order valence-corrected chi connectivity index (χ4v) is 0.884. The smallest absolute Gasteiger partial charge is 0.335 e. The monoisotopic (exact) mass is 179 g/mol. The second-order valence-corrected chi connectivity index (χ2v) is 2.53. The van der Waals surface area contributed by atoms with Crippen LogP contribution in [0.4, 0.5) is 0 Å². The first-order valence-corrected chi connectivity index (χ1v) is 3.99. The Bertz CT molecular complexity index is 277. The van der Waals surface area contributed by atoms with Crippen molar-refractivity contribution >= 4 is 5.97 Å². The minimum Gasteiger partial charge on any atom is -0.494 e. The van der Waals surface area contributed by atoms with Crippen LogP contribution in [0.5, 0.6) is 5.75 Å². The van der Waals surface area contributed by atoms with Crippen LogP contribution in [0.25, 0.3) is 0 Å².